The molecule has 8 bridgehead atoms. The average Bonchev–Trinajstić information content (AvgIpc) is 1.38. The molecular formula is C131H83N5. The maximum absolute atomic E-state index is 6.47. The largest absolute Gasteiger partial charge is 0.354 e. The molecule has 3 aliphatic heterocycles. The van der Waals surface area contributed by atoms with Crippen molar-refractivity contribution < 1.29 is 0 Å². The van der Waals surface area contributed by atoms with Crippen molar-refractivity contribution in [3.05, 3.63) is 187 Å². The molecule has 0 amide bonds. The highest BCUT2D eigenvalue weighted by Gasteiger charge is 2.76. The number of aromatic nitrogens is 4. The first-order valence-electron chi connectivity index (χ1n) is 50.5. The smallest absolute Gasteiger partial charge is 0.0737 e. The third-order valence-electron chi connectivity index (χ3n) is 40.0. The molecule has 0 saturated carbocycles. The number of H-pyrrole nitrogens is 2. The van der Waals surface area contributed by atoms with Crippen molar-refractivity contribution in [2.45, 2.75) is 174 Å². The summed E-state index contributed by atoms with van der Waals surface area (Å²) in [6.45, 7) is 43.7. The summed E-state index contributed by atoms with van der Waals surface area (Å²) in [4.78, 5) is 24.6. The van der Waals surface area contributed by atoms with E-state index in [-0.39, 0.29) is 38.5 Å². The van der Waals surface area contributed by atoms with Crippen LogP contribution in [0.1, 0.15) is 215 Å². The predicted molar refractivity (Wildman–Crippen MR) is 582 cm³/mol. The van der Waals surface area contributed by atoms with Gasteiger partial charge >= 0.3 is 0 Å². The molecule has 1 saturated heterocycles. The fourth-order valence-corrected chi connectivity index (χ4v) is 35.8. The molecule has 35 aromatic rings. The van der Waals surface area contributed by atoms with E-state index in [1.807, 2.05) is 0 Å². The van der Waals surface area contributed by atoms with E-state index >= 15 is 0 Å². The van der Waals surface area contributed by atoms with Gasteiger partial charge in [0.05, 0.1) is 39.6 Å². The number of rotatable bonds is 5. The molecular weight excluding hydrogens is 1640 g/mol. The summed E-state index contributed by atoms with van der Waals surface area (Å²) in [5, 5.41) is 87.8. The second kappa shape index (κ2) is 18.2. The molecule has 6 heterocycles. The van der Waals surface area contributed by atoms with Crippen LogP contribution < -0.4 is 0 Å². The van der Waals surface area contributed by atoms with Gasteiger partial charge in [-0.15, -0.1) is 0 Å². The lowest BCUT2D eigenvalue weighted by Crippen LogP contribution is -2.52. The highest BCUT2D eigenvalue weighted by Crippen LogP contribution is 2.88. The highest BCUT2D eigenvalue weighted by atomic mass is 15.2. The number of nitrogens with one attached hydrogen (secondary N) is 2. The Kier molecular flexibility index (Phi) is 9.10. The van der Waals surface area contributed by atoms with Gasteiger partial charge in [0.1, 0.15) is 0 Å². The van der Waals surface area contributed by atoms with Gasteiger partial charge < -0.3 is 9.97 Å². The van der Waals surface area contributed by atoms with Crippen LogP contribution in [0.15, 0.2) is 103 Å². The summed E-state index contributed by atoms with van der Waals surface area (Å²) in [6.07, 6.45) is 9.50. The van der Waals surface area contributed by atoms with E-state index in [1.165, 1.54) is 44.5 Å². The van der Waals surface area contributed by atoms with Crippen molar-refractivity contribution >= 4 is 337 Å². The summed E-state index contributed by atoms with van der Waals surface area (Å²) >= 11 is 0. The first-order valence-corrected chi connectivity index (χ1v) is 50.5. The van der Waals surface area contributed by atoms with E-state index in [0.29, 0.717) is 0 Å². The Balaban J connectivity index is 0.682. The van der Waals surface area contributed by atoms with Gasteiger partial charge in [-0.25, -0.2) is 9.97 Å². The van der Waals surface area contributed by atoms with Crippen molar-refractivity contribution in [1.29, 1.82) is 0 Å². The van der Waals surface area contributed by atoms with Gasteiger partial charge in [0.2, 0.25) is 0 Å². The van der Waals surface area contributed by atoms with Gasteiger partial charge in [-0.05, 0) is 462 Å². The Labute approximate surface area is 775 Å². The van der Waals surface area contributed by atoms with Crippen LogP contribution in [-0.2, 0) is 43.3 Å². The minimum atomic E-state index is -0.633. The molecule has 3 aromatic heterocycles. The van der Waals surface area contributed by atoms with Crippen LogP contribution in [0.2, 0.25) is 0 Å². The molecule has 32 aromatic carbocycles. The van der Waals surface area contributed by atoms with Crippen LogP contribution in [0.3, 0.4) is 0 Å². The van der Waals surface area contributed by atoms with Gasteiger partial charge in [-0.3, -0.25) is 4.90 Å². The van der Waals surface area contributed by atoms with Gasteiger partial charge in [-0.2, -0.15) is 0 Å². The van der Waals surface area contributed by atoms with E-state index in [0.717, 1.165) is 90.3 Å². The Morgan fingerprint density at radius 1 is 0.243 bits per heavy atom. The zero-order valence-corrected chi connectivity index (χ0v) is 79.3. The number of benzene rings is 22. The SMILES string of the molecule is CN1CC23c4c5c6c7c8c9c(c%10c%11c2c2c4c4c%12c5c5c6c6c8c8c%13c9c9c%10c%10c%11c%11c2c2c4c4c%12c%12c5c5c6c8c6c8c%13c9c9c%10c%10c%11c2c2c4c4c%12c5c6c5c8c9c%10c2c45)C73C1c1ccccc1-c1c2nc(c(-c3cc(C(C)(C)C)cc(C(C)(C)C)c3)c3ccc([nH]3)c(-c3cc(C(C)(C)C)cc(C(C)(C)C)c3)c3nc(c(-c4cc(C(C)(C)C)cc(C(C)(C)C)c4)c4ccc1[nH]4)C=C3)C=C2. The zero-order chi connectivity index (χ0) is 89.3. The Bertz CT molecular complexity index is 11500. The Morgan fingerprint density at radius 2 is 0.441 bits per heavy atom. The number of nitrogens with zero attached hydrogens (tertiary/aromatic N) is 3. The van der Waals surface area contributed by atoms with Crippen LogP contribution in [-0.4, -0.2) is 38.4 Å². The average molecular weight is 1730 g/mol. The van der Waals surface area contributed by atoms with Crippen LogP contribution in [0.25, 0.3) is 382 Å². The van der Waals surface area contributed by atoms with Crippen molar-refractivity contribution in [3.8, 4) is 44.5 Å². The minimum Gasteiger partial charge on any atom is -0.354 e. The molecule has 136 heavy (non-hydrogen) atoms. The van der Waals surface area contributed by atoms with Gasteiger partial charge in [0, 0.05) is 50.9 Å². The molecule has 1 unspecified atom stereocenters. The first kappa shape index (κ1) is 68.0. The number of fused-ring (bicyclic) bond motifs is 8. The summed E-state index contributed by atoms with van der Waals surface area (Å²) in [5.74, 6) is 0. The fourth-order valence-electron chi connectivity index (χ4n) is 35.8. The lowest BCUT2D eigenvalue weighted by atomic mass is 9.47. The molecule has 4 aliphatic carbocycles. The van der Waals surface area contributed by atoms with Crippen LogP contribution in [0, 0.1) is 0 Å². The van der Waals surface area contributed by atoms with Crippen molar-refractivity contribution in [1.82, 2.24) is 24.8 Å². The number of hydrogen-bond acceptors (Lipinski definition) is 3. The summed E-state index contributed by atoms with van der Waals surface area (Å²) in [5.41, 5.74) is 30.7. The monoisotopic (exact) mass is 1730 g/mol. The number of hydrogen-bond donors (Lipinski definition) is 2. The van der Waals surface area contributed by atoms with Crippen molar-refractivity contribution in [2.24, 2.45) is 0 Å². The number of aromatic amines is 2. The van der Waals surface area contributed by atoms with E-state index < -0.39 is 10.8 Å². The van der Waals surface area contributed by atoms with E-state index in [9.17, 15) is 0 Å². The van der Waals surface area contributed by atoms with Crippen LogP contribution in [0.4, 0.5) is 0 Å². The second-order valence-electron chi connectivity index (χ2n) is 51.8. The van der Waals surface area contributed by atoms with Crippen LogP contribution >= 0.6 is 0 Å². The topological polar surface area (TPSA) is 60.6 Å². The zero-order valence-electron chi connectivity index (χ0n) is 79.3. The Hall–Kier alpha value is -14.1. The lowest BCUT2D eigenvalue weighted by Gasteiger charge is -2.52. The second-order valence-corrected chi connectivity index (χ2v) is 51.8. The third kappa shape index (κ3) is 5.71. The quantitative estimate of drug-likeness (QED) is 0.169. The molecule has 632 valence electrons. The number of likely N-dealkylation sites (N-methyl/N-ethyl adjacent to an activating group) is 1. The summed E-state index contributed by atoms with van der Waals surface area (Å²) in [6, 6.07) is 41.9. The van der Waals surface area contributed by atoms with Gasteiger partial charge in [0.15, 0.2) is 0 Å². The summed E-state index contributed by atoms with van der Waals surface area (Å²) < 4.78 is 0. The highest BCUT2D eigenvalue weighted by molar-refractivity contribution is 6.82. The first-order chi connectivity index (χ1) is 65.3. The van der Waals surface area contributed by atoms with E-state index in [1.54, 1.807) is 313 Å². The van der Waals surface area contributed by atoms with Gasteiger partial charge in [0.25, 0.3) is 0 Å². The lowest BCUT2D eigenvalue weighted by molar-refractivity contribution is 0.272. The van der Waals surface area contributed by atoms with Crippen LogP contribution in [0.5, 0.6) is 0 Å². The third-order valence-corrected chi connectivity index (χ3v) is 40.0. The number of likely N-dealkylation sites (tertiary alicyclic amines) is 1. The molecule has 1 atom stereocenters. The van der Waals surface area contributed by atoms with Gasteiger partial charge in [-0.1, -0.05) is 203 Å². The maximum Gasteiger partial charge on any atom is 0.0737 e. The molecule has 2 N–H and O–H groups in total. The molecule has 0 radical (unpaired) electrons. The predicted octanol–water partition coefficient (Wildman–Crippen LogP) is 35.4. The molecule has 7 aliphatic rings. The molecule has 1 fully saturated rings. The molecule has 42 rings (SSSR count). The molecule has 5 nitrogen and oxygen atoms in total. The van der Waals surface area contributed by atoms with E-state index in [2.05, 4.69) is 274 Å². The molecule has 5 heteroatoms. The fraction of sp³-hybridized carbons (Fsp3) is 0.221. The minimum absolute atomic E-state index is 0.144. The maximum atomic E-state index is 6.47. The van der Waals surface area contributed by atoms with Crippen molar-refractivity contribution in [3.63, 3.8) is 0 Å². The normalized spacial score (nSPS) is 19.2. The van der Waals surface area contributed by atoms with E-state index in [4.69, 9.17) is 9.97 Å². The van der Waals surface area contributed by atoms with Crippen molar-refractivity contribution in [2.75, 3.05) is 13.6 Å². The molecule has 2 spiro atoms. The standard InChI is InChI=1S/C131H83N5/c1-124(2,3)45-32-42(33-46(38-45)125(4,5)6)61-53-24-26-55(132-53)62(43-34-47(126(7,8)9)39-48(35-43)127(10,11)12)57-28-30-59(134-57)64(60-31-29-58(135-60)63(56-27-25-54(61)133-56)44-36-49(128(13,14)15)40-50(37-44)129(16,17)18)51-22-20-21-23-52(51)123-131-121-115-109-99-87-79-71-67-65-66-69-73(71)81(87)91-85-77(69)78-70(66)74-72-68(65)76-75(67)83-89(79)97-103-93(83)94-84(76)90-80(72)88-82(74)92-86(78)96-95(85)107(101(91)109)117(121)118-108(96)102(92)110-100(88)106-98(90)104(94)112-111(103)119(113(115)105(97)99)130(131,41-136(123)19)120(112)114(106)116(110)122(118)131/h20-40,123,132,135H,41H2,1-19H3. The Morgan fingerprint density at radius 3 is 0.669 bits per heavy atom. The summed E-state index contributed by atoms with van der Waals surface area (Å²) in [7, 11) is 2.64.